The first-order valence-corrected chi connectivity index (χ1v) is 6.66. The van der Waals surface area contributed by atoms with Gasteiger partial charge in [-0.1, -0.05) is 11.6 Å². The maximum atomic E-state index is 5.99. The van der Waals surface area contributed by atoms with Crippen LogP contribution >= 0.6 is 24.0 Å². The van der Waals surface area contributed by atoms with Crippen LogP contribution in [0.3, 0.4) is 0 Å². The van der Waals surface area contributed by atoms with Crippen molar-refractivity contribution >= 4 is 24.0 Å². The van der Waals surface area contributed by atoms with Gasteiger partial charge in [0.05, 0.1) is 13.4 Å². The summed E-state index contributed by atoms with van der Waals surface area (Å²) in [4.78, 5) is 4.01. The summed E-state index contributed by atoms with van der Waals surface area (Å²) in [5.41, 5.74) is 1.08. The van der Waals surface area contributed by atoms with Gasteiger partial charge in [-0.25, -0.2) is 4.98 Å². The number of benzene rings is 1. The molecule has 6 heteroatoms. The van der Waals surface area contributed by atoms with Crippen LogP contribution < -0.4 is 10.1 Å². The van der Waals surface area contributed by atoms with Gasteiger partial charge in [-0.15, -0.1) is 12.4 Å². The standard InChI is InChI=1S/C14H18ClN3O.ClH/c1-19-14-4-3-13(15)9-12(14)10-16-5-2-7-18-8-6-17-11-18;/h3-4,6,8-9,11,16H,2,5,7,10H2,1H3;1H. The summed E-state index contributed by atoms with van der Waals surface area (Å²) >= 11 is 5.99. The molecule has 0 atom stereocenters. The van der Waals surface area contributed by atoms with Gasteiger partial charge in [0.2, 0.25) is 0 Å². The van der Waals surface area contributed by atoms with Crippen LogP contribution in [0.25, 0.3) is 0 Å². The van der Waals surface area contributed by atoms with Crippen LogP contribution in [-0.2, 0) is 13.1 Å². The van der Waals surface area contributed by atoms with Crippen LogP contribution in [-0.4, -0.2) is 23.2 Å². The molecule has 0 radical (unpaired) electrons. The van der Waals surface area contributed by atoms with E-state index < -0.39 is 0 Å². The van der Waals surface area contributed by atoms with Crippen molar-refractivity contribution in [1.82, 2.24) is 14.9 Å². The number of aryl methyl sites for hydroxylation is 1. The molecule has 0 saturated heterocycles. The lowest BCUT2D eigenvalue weighted by molar-refractivity contribution is 0.407. The number of halogens is 2. The highest BCUT2D eigenvalue weighted by atomic mass is 35.5. The maximum absolute atomic E-state index is 5.99. The number of hydrogen-bond acceptors (Lipinski definition) is 3. The summed E-state index contributed by atoms with van der Waals surface area (Å²) in [5, 5.41) is 4.13. The van der Waals surface area contributed by atoms with Gasteiger partial charge in [0.15, 0.2) is 0 Å². The molecular formula is C14H19Cl2N3O. The minimum absolute atomic E-state index is 0. The van der Waals surface area contributed by atoms with E-state index >= 15 is 0 Å². The fraction of sp³-hybridized carbons (Fsp3) is 0.357. The summed E-state index contributed by atoms with van der Waals surface area (Å²) in [6.45, 7) is 2.67. The first-order chi connectivity index (χ1) is 9.29. The lowest BCUT2D eigenvalue weighted by atomic mass is 10.2. The Morgan fingerprint density at radius 1 is 1.40 bits per heavy atom. The van der Waals surface area contributed by atoms with Crippen LogP contribution in [0.4, 0.5) is 0 Å². The van der Waals surface area contributed by atoms with Crippen molar-refractivity contribution in [3.8, 4) is 5.75 Å². The molecule has 2 aromatic rings. The van der Waals surface area contributed by atoms with Crippen LogP contribution in [0.15, 0.2) is 36.9 Å². The van der Waals surface area contributed by atoms with E-state index in [9.17, 15) is 0 Å². The van der Waals surface area contributed by atoms with Gasteiger partial charge in [0, 0.05) is 36.1 Å². The first-order valence-electron chi connectivity index (χ1n) is 6.28. The van der Waals surface area contributed by atoms with Crippen molar-refractivity contribution in [1.29, 1.82) is 0 Å². The SMILES string of the molecule is COc1ccc(Cl)cc1CNCCCn1ccnc1.Cl. The molecule has 0 fully saturated rings. The molecule has 1 aromatic carbocycles. The van der Waals surface area contributed by atoms with E-state index in [1.54, 1.807) is 13.3 Å². The van der Waals surface area contributed by atoms with Crippen molar-refractivity contribution in [2.45, 2.75) is 19.5 Å². The van der Waals surface area contributed by atoms with Gasteiger partial charge in [0.25, 0.3) is 0 Å². The molecule has 0 aliphatic carbocycles. The van der Waals surface area contributed by atoms with E-state index in [4.69, 9.17) is 16.3 Å². The van der Waals surface area contributed by atoms with E-state index in [0.717, 1.165) is 42.4 Å². The van der Waals surface area contributed by atoms with Gasteiger partial charge in [0.1, 0.15) is 5.75 Å². The predicted molar refractivity (Wildman–Crippen MR) is 83.8 cm³/mol. The summed E-state index contributed by atoms with van der Waals surface area (Å²) in [7, 11) is 1.67. The van der Waals surface area contributed by atoms with E-state index in [1.807, 2.05) is 30.7 Å². The maximum Gasteiger partial charge on any atom is 0.123 e. The third kappa shape index (κ3) is 5.04. The third-order valence-electron chi connectivity index (χ3n) is 2.89. The molecule has 0 aliphatic rings. The van der Waals surface area contributed by atoms with E-state index in [0.29, 0.717) is 0 Å². The Balaban J connectivity index is 0.00000200. The second-order valence-electron chi connectivity index (χ2n) is 4.29. The Kier molecular flexibility index (Phi) is 7.44. The Morgan fingerprint density at radius 3 is 2.95 bits per heavy atom. The van der Waals surface area contributed by atoms with Gasteiger partial charge in [-0.3, -0.25) is 0 Å². The van der Waals surface area contributed by atoms with E-state index in [-0.39, 0.29) is 12.4 Å². The quantitative estimate of drug-likeness (QED) is 0.798. The zero-order valence-electron chi connectivity index (χ0n) is 11.4. The largest absolute Gasteiger partial charge is 0.496 e. The lowest BCUT2D eigenvalue weighted by Gasteiger charge is -2.10. The Morgan fingerprint density at radius 2 is 2.25 bits per heavy atom. The summed E-state index contributed by atoms with van der Waals surface area (Å²) in [5.74, 6) is 0.867. The van der Waals surface area contributed by atoms with Crippen LogP contribution in [0, 0.1) is 0 Å². The van der Waals surface area contributed by atoms with Gasteiger partial charge in [-0.05, 0) is 31.2 Å². The number of rotatable bonds is 7. The molecule has 1 heterocycles. The lowest BCUT2D eigenvalue weighted by Crippen LogP contribution is -2.16. The average molecular weight is 316 g/mol. The van der Waals surface area contributed by atoms with Crippen LogP contribution in [0.1, 0.15) is 12.0 Å². The number of aromatic nitrogens is 2. The van der Waals surface area contributed by atoms with Crippen molar-refractivity contribution in [2.24, 2.45) is 0 Å². The highest BCUT2D eigenvalue weighted by Crippen LogP contribution is 2.22. The summed E-state index contributed by atoms with van der Waals surface area (Å²) in [6.07, 6.45) is 6.66. The van der Waals surface area contributed by atoms with E-state index in [2.05, 4.69) is 14.9 Å². The molecule has 1 N–H and O–H groups in total. The molecule has 110 valence electrons. The third-order valence-corrected chi connectivity index (χ3v) is 3.12. The number of ether oxygens (including phenoxy) is 1. The van der Waals surface area contributed by atoms with Crippen LogP contribution in [0.2, 0.25) is 5.02 Å². The Bertz CT molecular complexity index is 503. The molecule has 0 spiro atoms. The number of imidazole rings is 1. The number of nitrogens with zero attached hydrogens (tertiary/aromatic N) is 2. The highest BCUT2D eigenvalue weighted by molar-refractivity contribution is 6.30. The summed E-state index contributed by atoms with van der Waals surface area (Å²) < 4.78 is 7.38. The van der Waals surface area contributed by atoms with Gasteiger partial charge < -0.3 is 14.6 Å². The smallest absolute Gasteiger partial charge is 0.123 e. The first kappa shape index (κ1) is 16.8. The highest BCUT2D eigenvalue weighted by Gasteiger charge is 2.03. The zero-order valence-corrected chi connectivity index (χ0v) is 13.0. The van der Waals surface area contributed by atoms with E-state index in [1.165, 1.54) is 0 Å². The Hall–Kier alpha value is -1.23. The molecule has 0 bridgehead atoms. The van der Waals surface area contributed by atoms with Gasteiger partial charge >= 0.3 is 0 Å². The minimum atomic E-state index is 0. The molecular weight excluding hydrogens is 297 g/mol. The number of nitrogens with one attached hydrogen (secondary N) is 1. The van der Waals surface area contributed by atoms with Crippen molar-refractivity contribution < 1.29 is 4.74 Å². The molecule has 0 amide bonds. The zero-order chi connectivity index (χ0) is 13.5. The Labute approximate surface area is 130 Å². The van der Waals surface area contributed by atoms with Crippen molar-refractivity contribution in [3.05, 3.63) is 47.5 Å². The average Bonchev–Trinajstić information content (AvgIpc) is 2.92. The molecule has 2 rings (SSSR count). The molecule has 0 aliphatic heterocycles. The number of hydrogen-bond donors (Lipinski definition) is 1. The summed E-state index contributed by atoms with van der Waals surface area (Å²) in [6, 6.07) is 5.66. The van der Waals surface area contributed by atoms with Crippen LogP contribution in [0.5, 0.6) is 5.75 Å². The fourth-order valence-electron chi connectivity index (χ4n) is 1.91. The van der Waals surface area contributed by atoms with Crippen molar-refractivity contribution in [3.63, 3.8) is 0 Å². The normalized spacial score (nSPS) is 10.1. The molecule has 1 aromatic heterocycles. The monoisotopic (exact) mass is 315 g/mol. The fourth-order valence-corrected chi connectivity index (χ4v) is 2.11. The minimum Gasteiger partial charge on any atom is -0.496 e. The second-order valence-corrected chi connectivity index (χ2v) is 4.72. The topological polar surface area (TPSA) is 39.1 Å². The molecule has 20 heavy (non-hydrogen) atoms. The second kappa shape index (κ2) is 8.84. The van der Waals surface area contributed by atoms with Crippen molar-refractivity contribution in [2.75, 3.05) is 13.7 Å². The predicted octanol–water partition coefficient (Wildman–Crippen LogP) is 3.15. The molecule has 4 nitrogen and oxygen atoms in total. The molecule has 0 saturated carbocycles. The van der Waals surface area contributed by atoms with Gasteiger partial charge in [-0.2, -0.15) is 0 Å². The number of methoxy groups -OCH3 is 1. The molecule has 0 unspecified atom stereocenters.